The summed E-state index contributed by atoms with van der Waals surface area (Å²) in [5.74, 6) is 1.54. The monoisotopic (exact) mass is 465 g/mol. The maximum absolute atomic E-state index is 13.6. The largest absolute Gasteiger partial charge is 0.396 e. The SMILES string of the molecule is CCNC(=NCc1ccc(C)c(F)c1)NCC(CCO)CC(C)C.I. The number of aliphatic imine (C=N–C) groups is 1. The maximum Gasteiger partial charge on any atom is 0.191 e. The van der Waals surface area contributed by atoms with Gasteiger partial charge < -0.3 is 15.7 Å². The van der Waals surface area contributed by atoms with E-state index in [9.17, 15) is 9.50 Å². The molecule has 1 aromatic carbocycles. The van der Waals surface area contributed by atoms with Gasteiger partial charge in [-0.1, -0.05) is 26.0 Å². The second-order valence-electron chi connectivity index (χ2n) is 6.67. The Hall–Kier alpha value is -0.890. The number of hydrogen-bond acceptors (Lipinski definition) is 2. The first kappa shape index (κ1) is 24.1. The minimum Gasteiger partial charge on any atom is -0.396 e. The Morgan fingerprint density at radius 2 is 2.00 bits per heavy atom. The van der Waals surface area contributed by atoms with Gasteiger partial charge in [0.2, 0.25) is 0 Å². The van der Waals surface area contributed by atoms with E-state index in [1.165, 1.54) is 6.07 Å². The highest BCUT2D eigenvalue weighted by Crippen LogP contribution is 2.14. The molecule has 0 bridgehead atoms. The van der Waals surface area contributed by atoms with Gasteiger partial charge in [0.15, 0.2) is 5.96 Å². The lowest BCUT2D eigenvalue weighted by Gasteiger charge is -2.20. The predicted octanol–water partition coefficient (Wildman–Crippen LogP) is 3.85. The molecule has 0 radical (unpaired) electrons. The number of benzene rings is 1. The third-order valence-electron chi connectivity index (χ3n) is 3.90. The fourth-order valence-electron chi connectivity index (χ4n) is 2.64. The van der Waals surface area contributed by atoms with Crippen molar-refractivity contribution in [1.82, 2.24) is 10.6 Å². The van der Waals surface area contributed by atoms with Crippen LogP contribution in [-0.4, -0.2) is 30.8 Å². The molecule has 0 spiro atoms. The molecule has 4 nitrogen and oxygen atoms in total. The van der Waals surface area contributed by atoms with E-state index in [-0.39, 0.29) is 36.4 Å². The van der Waals surface area contributed by atoms with E-state index >= 15 is 0 Å². The number of nitrogens with one attached hydrogen (secondary N) is 2. The first-order valence-electron chi connectivity index (χ1n) is 8.84. The summed E-state index contributed by atoms with van der Waals surface area (Å²) in [6.45, 7) is 10.3. The predicted molar refractivity (Wildman–Crippen MR) is 114 cm³/mol. The first-order chi connectivity index (χ1) is 11.5. The number of nitrogens with zero attached hydrogens (tertiary/aromatic N) is 1. The van der Waals surface area contributed by atoms with Gasteiger partial charge in [-0.15, -0.1) is 24.0 Å². The molecular weight excluding hydrogens is 432 g/mol. The lowest BCUT2D eigenvalue weighted by molar-refractivity contribution is 0.243. The van der Waals surface area contributed by atoms with Crippen LogP contribution in [0.5, 0.6) is 0 Å². The van der Waals surface area contributed by atoms with Crippen LogP contribution >= 0.6 is 24.0 Å². The van der Waals surface area contributed by atoms with Crippen LogP contribution in [0.4, 0.5) is 4.39 Å². The van der Waals surface area contributed by atoms with Gasteiger partial charge in [0.05, 0.1) is 6.54 Å². The van der Waals surface area contributed by atoms with Crippen LogP contribution in [0.2, 0.25) is 0 Å². The summed E-state index contributed by atoms with van der Waals surface area (Å²) in [5, 5.41) is 15.8. The van der Waals surface area contributed by atoms with Gasteiger partial charge in [-0.2, -0.15) is 0 Å². The highest BCUT2D eigenvalue weighted by molar-refractivity contribution is 14.0. The van der Waals surface area contributed by atoms with Gasteiger partial charge in [-0.05, 0) is 55.7 Å². The molecule has 0 heterocycles. The zero-order chi connectivity index (χ0) is 17.9. The average Bonchev–Trinajstić information content (AvgIpc) is 2.52. The van der Waals surface area contributed by atoms with Crippen LogP contribution in [0.3, 0.4) is 0 Å². The molecule has 0 aromatic heterocycles. The molecule has 1 aromatic rings. The topological polar surface area (TPSA) is 56.7 Å². The molecule has 0 fully saturated rings. The zero-order valence-electron chi connectivity index (χ0n) is 15.8. The average molecular weight is 465 g/mol. The Morgan fingerprint density at radius 1 is 1.28 bits per heavy atom. The number of hydrogen-bond donors (Lipinski definition) is 3. The van der Waals surface area contributed by atoms with Crippen molar-refractivity contribution >= 4 is 29.9 Å². The highest BCUT2D eigenvalue weighted by atomic mass is 127. The smallest absolute Gasteiger partial charge is 0.191 e. The van der Waals surface area contributed by atoms with E-state index in [0.717, 1.165) is 37.5 Å². The van der Waals surface area contributed by atoms with Crippen LogP contribution in [-0.2, 0) is 6.54 Å². The Labute approximate surface area is 168 Å². The van der Waals surface area contributed by atoms with Gasteiger partial charge in [0.1, 0.15) is 5.82 Å². The van der Waals surface area contributed by atoms with Crippen molar-refractivity contribution in [2.24, 2.45) is 16.8 Å². The number of rotatable bonds is 9. The summed E-state index contributed by atoms with van der Waals surface area (Å²) in [5.41, 5.74) is 1.50. The van der Waals surface area contributed by atoms with Crippen LogP contribution in [0.1, 0.15) is 44.7 Å². The summed E-state index contributed by atoms with van der Waals surface area (Å²) in [4.78, 5) is 4.53. The lowest BCUT2D eigenvalue weighted by atomic mass is 9.94. The molecule has 6 heteroatoms. The van der Waals surface area contributed by atoms with E-state index in [2.05, 4.69) is 29.5 Å². The number of halogens is 2. The summed E-state index contributed by atoms with van der Waals surface area (Å²) >= 11 is 0. The Kier molecular flexibility index (Phi) is 12.9. The van der Waals surface area contributed by atoms with Crippen molar-refractivity contribution in [3.8, 4) is 0 Å². The highest BCUT2D eigenvalue weighted by Gasteiger charge is 2.11. The third kappa shape index (κ3) is 9.99. The van der Waals surface area contributed by atoms with E-state index in [0.29, 0.717) is 23.9 Å². The molecule has 1 unspecified atom stereocenters. The second kappa shape index (κ2) is 13.3. The standard InChI is InChI=1S/C19H32FN3O.HI/c1-5-21-19(23-13-17(8-9-24)10-14(2)3)22-12-16-7-6-15(4)18(20)11-16;/h6-7,11,14,17,24H,5,8-10,12-13H2,1-4H3,(H2,21,22,23);1H. The fourth-order valence-corrected chi connectivity index (χ4v) is 2.64. The second-order valence-corrected chi connectivity index (χ2v) is 6.67. The van der Waals surface area contributed by atoms with Gasteiger partial charge >= 0.3 is 0 Å². The number of aryl methyl sites for hydroxylation is 1. The molecule has 1 rings (SSSR count). The van der Waals surface area contributed by atoms with Crippen LogP contribution < -0.4 is 10.6 Å². The summed E-state index contributed by atoms with van der Waals surface area (Å²) in [6.07, 6.45) is 1.85. The van der Waals surface area contributed by atoms with Crippen molar-refractivity contribution in [3.05, 3.63) is 35.1 Å². The molecule has 0 aliphatic rings. The van der Waals surface area contributed by atoms with Crippen LogP contribution in [0, 0.1) is 24.6 Å². The van der Waals surface area contributed by atoms with E-state index in [1.807, 2.05) is 13.0 Å². The van der Waals surface area contributed by atoms with E-state index in [1.54, 1.807) is 13.0 Å². The molecule has 0 amide bonds. The quantitative estimate of drug-likeness (QED) is 0.295. The van der Waals surface area contributed by atoms with Crippen molar-refractivity contribution in [2.75, 3.05) is 19.7 Å². The summed E-state index contributed by atoms with van der Waals surface area (Å²) < 4.78 is 13.6. The molecule has 0 aliphatic heterocycles. The Morgan fingerprint density at radius 3 is 2.56 bits per heavy atom. The normalized spacial score (nSPS) is 12.7. The third-order valence-corrected chi connectivity index (χ3v) is 3.90. The molecule has 144 valence electrons. The van der Waals surface area contributed by atoms with Crippen LogP contribution in [0.15, 0.2) is 23.2 Å². The molecule has 0 saturated heterocycles. The van der Waals surface area contributed by atoms with Crippen molar-refractivity contribution < 1.29 is 9.50 Å². The number of guanidine groups is 1. The van der Waals surface area contributed by atoms with Crippen molar-refractivity contribution in [2.45, 2.75) is 47.1 Å². The molecule has 0 aliphatic carbocycles. The van der Waals surface area contributed by atoms with Crippen molar-refractivity contribution in [1.29, 1.82) is 0 Å². The minimum absolute atomic E-state index is 0. The molecular formula is C19H33FIN3O. The van der Waals surface area contributed by atoms with E-state index < -0.39 is 0 Å². The molecule has 25 heavy (non-hydrogen) atoms. The molecule has 1 atom stereocenters. The lowest BCUT2D eigenvalue weighted by Crippen LogP contribution is -2.40. The number of aliphatic hydroxyl groups excluding tert-OH is 1. The van der Waals surface area contributed by atoms with Crippen molar-refractivity contribution in [3.63, 3.8) is 0 Å². The molecule has 0 saturated carbocycles. The zero-order valence-corrected chi connectivity index (χ0v) is 18.1. The van der Waals surface area contributed by atoms with Crippen LogP contribution in [0.25, 0.3) is 0 Å². The summed E-state index contributed by atoms with van der Waals surface area (Å²) in [7, 11) is 0. The Balaban J connectivity index is 0.00000576. The number of aliphatic hydroxyl groups is 1. The minimum atomic E-state index is -0.194. The Bertz CT molecular complexity index is 523. The van der Waals surface area contributed by atoms with Gasteiger partial charge in [-0.3, -0.25) is 0 Å². The maximum atomic E-state index is 13.6. The van der Waals surface area contributed by atoms with Gasteiger partial charge in [0, 0.05) is 19.7 Å². The molecule has 3 N–H and O–H groups in total. The van der Waals surface area contributed by atoms with Gasteiger partial charge in [-0.25, -0.2) is 9.38 Å². The van der Waals surface area contributed by atoms with E-state index in [4.69, 9.17) is 0 Å². The first-order valence-corrected chi connectivity index (χ1v) is 8.84. The van der Waals surface area contributed by atoms with Gasteiger partial charge in [0.25, 0.3) is 0 Å². The fraction of sp³-hybridized carbons (Fsp3) is 0.632. The summed E-state index contributed by atoms with van der Waals surface area (Å²) in [6, 6.07) is 5.22.